The number of halogens is 3. The minimum atomic E-state index is -4.39. The highest BCUT2D eigenvalue weighted by Crippen LogP contribution is 2.29. The predicted octanol–water partition coefficient (Wildman–Crippen LogP) is 2.76. The van der Waals surface area contributed by atoms with Gasteiger partial charge in [-0.3, -0.25) is 4.99 Å². The molecule has 1 saturated heterocycles. The van der Waals surface area contributed by atoms with Crippen LogP contribution in [0.2, 0.25) is 0 Å². The van der Waals surface area contributed by atoms with E-state index < -0.39 is 11.7 Å². The first-order valence-corrected chi connectivity index (χ1v) is 9.63. The second kappa shape index (κ2) is 10.5. The van der Waals surface area contributed by atoms with Crippen LogP contribution in [0.5, 0.6) is 5.88 Å². The van der Waals surface area contributed by atoms with Gasteiger partial charge < -0.3 is 20.3 Å². The largest absolute Gasteiger partial charge is 0.476 e. The van der Waals surface area contributed by atoms with Gasteiger partial charge in [-0.05, 0) is 24.8 Å². The third kappa shape index (κ3) is 7.53. The SMILES string of the molecule is CN=C(NCCOc1ccc(C(F)(F)F)cn1)NC1CCN(CC(C)C)CC1. The molecule has 1 aliphatic heterocycles. The van der Waals surface area contributed by atoms with E-state index in [1.54, 1.807) is 7.05 Å². The van der Waals surface area contributed by atoms with Gasteiger partial charge in [-0.2, -0.15) is 13.2 Å². The van der Waals surface area contributed by atoms with Crippen LogP contribution in [-0.4, -0.2) is 61.7 Å². The number of rotatable bonds is 7. The van der Waals surface area contributed by atoms with E-state index in [4.69, 9.17) is 4.74 Å². The summed E-state index contributed by atoms with van der Waals surface area (Å²) in [4.78, 5) is 10.4. The van der Waals surface area contributed by atoms with Gasteiger partial charge in [0.1, 0.15) is 6.61 Å². The van der Waals surface area contributed by atoms with Gasteiger partial charge in [0.05, 0.1) is 12.1 Å². The molecule has 2 rings (SSSR count). The van der Waals surface area contributed by atoms with E-state index in [0.717, 1.165) is 44.7 Å². The number of alkyl halides is 3. The number of nitrogens with one attached hydrogen (secondary N) is 2. The number of aliphatic imine (C=N–C) groups is 1. The second-order valence-corrected chi connectivity index (χ2v) is 7.34. The van der Waals surface area contributed by atoms with Crippen LogP contribution in [0.4, 0.5) is 13.2 Å². The maximum absolute atomic E-state index is 12.5. The van der Waals surface area contributed by atoms with Crippen LogP contribution >= 0.6 is 0 Å². The molecule has 0 radical (unpaired) electrons. The molecule has 0 bridgehead atoms. The molecule has 0 atom stereocenters. The molecule has 158 valence electrons. The van der Waals surface area contributed by atoms with Gasteiger partial charge in [0.15, 0.2) is 5.96 Å². The van der Waals surface area contributed by atoms with E-state index >= 15 is 0 Å². The van der Waals surface area contributed by atoms with Crippen molar-refractivity contribution in [3.05, 3.63) is 23.9 Å². The Balaban J connectivity index is 1.66. The van der Waals surface area contributed by atoms with Crippen molar-refractivity contribution < 1.29 is 17.9 Å². The van der Waals surface area contributed by atoms with Crippen LogP contribution in [0, 0.1) is 5.92 Å². The van der Waals surface area contributed by atoms with Crippen LogP contribution in [0.25, 0.3) is 0 Å². The number of likely N-dealkylation sites (tertiary alicyclic amines) is 1. The van der Waals surface area contributed by atoms with Gasteiger partial charge in [-0.1, -0.05) is 13.8 Å². The highest BCUT2D eigenvalue weighted by Gasteiger charge is 2.30. The summed E-state index contributed by atoms with van der Waals surface area (Å²) in [6.45, 7) is 8.50. The fourth-order valence-corrected chi connectivity index (χ4v) is 3.12. The lowest BCUT2D eigenvalue weighted by atomic mass is 10.0. The maximum Gasteiger partial charge on any atom is 0.417 e. The third-order valence-corrected chi connectivity index (χ3v) is 4.48. The number of hydrogen-bond donors (Lipinski definition) is 2. The van der Waals surface area contributed by atoms with E-state index in [9.17, 15) is 13.2 Å². The number of guanidine groups is 1. The van der Waals surface area contributed by atoms with Crippen molar-refractivity contribution in [3.8, 4) is 5.88 Å². The lowest BCUT2D eigenvalue weighted by Crippen LogP contribution is -2.49. The second-order valence-electron chi connectivity index (χ2n) is 7.34. The average Bonchev–Trinajstić information content (AvgIpc) is 2.65. The summed E-state index contributed by atoms with van der Waals surface area (Å²) in [5.74, 6) is 1.54. The maximum atomic E-state index is 12.5. The topological polar surface area (TPSA) is 61.8 Å². The molecule has 28 heavy (non-hydrogen) atoms. The van der Waals surface area contributed by atoms with Gasteiger partial charge in [0.25, 0.3) is 0 Å². The average molecular weight is 401 g/mol. The van der Waals surface area contributed by atoms with Gasteiger partial charge in [-0.15, -0.1) is 0 Å². The molecule has 1 fully saturated rings. The molecule has 1 aromatic rings. The monoisotopic (exact) mass is 401 g/mol. The molecule has 2 heterocycles. The van der Waals surface area contributed by atoms with Crippen molar-refractivity contribution in [2.24, 2.45) is 10.9 Å². The van der Waals surface area contributed by atoms with Gasteiger partial charge in [-0.25, -0.2) is 4.98 Å². The van der Waals surface area contributed by atoms with Crippen molar-refractivity contribution in [1.29, 1.82) is 0 Å². The van der Waals surface area contributed by atoms with Crippen LogP contribution in [0.3, 0.4) is 0 Å². The van der Waals surface area contributed by atoms with Gasteiger partial charge in [0.2, 0.25) is 5.88 Å². The normalized spacial score (nSPS) is 17.0. The first kappa shape index (κ1) is 22.3. The minimum absolute atomic E-state index is 0.162. The van der Waals surface area contributed by atoms with E-state index in [1.807, 2.05) is 0 Å². The van der Waals surface area contributed by atoms with Gasteiger partial charge in [0, 0.05) is 45.0 Å². The van der Waals surface area contributed by atoms with E-state index in [2.05, 4.69) is 39.4 Å². The van der Waals surface area contributed by atoms with Crippen LogP contribution in [0.15, 0.2) is 23.3 Å². The zero-order chi connectivity index (χ0) is 20.6. The molecule has 0 spiro atoms. The molecule has 1 aliphatic rings. The van der Waals surface area contributed by atoms with Gasteiger partial charge >= 0.3 is 6.18 Å². The summed E-state index contributed by atoms with van der Waals surface area (Å²) < 4.78 is 42.9. The molecular weight excluding hydrogens is 371 g/mol. The zero-order valence-corrected chi connectivity index (χ0v) is 16.7. The Labute approximate surface area is 164 Å². The Kier molecular flexibility index (Phi) is 8.35. The van der Waals surface area contributed by atoms with Crippen LogP contribution < -0.4 is 15.4 Å². The Hall–Kier alpha value is -2.03. The number of piperidine rings is 1. The first-order chi connectivity index (χ1) is 13.3. The highest BCUT2D eigenvalue weighted by atomic mass is 19.4. The summed E-state index contributed by atoms with van der Waals surface area (Å²) in [7, 11) is 1.71. The van der Waals surface area contributed by atoms with Crippen molar-refractivity contribution in [2.45, 2.75) is 38.9 Å². The van der Waals surface area contributed by atoms with Crippen molar-refractivity contribution in [2.75, 3.05) is 39.8 Å². The smallest absolute Gasteiger partial charge is 0.417 e. The summed E-state index contributed by atoms with van der Waals surface area (Å²) >= 11 is 0. The quantitative estimate of drug-likeness (QED) is 0.418. The summed E-state index contributed by atoms with van der Waals surface area (Å²) in [6.07, 6.45) is -1.48. The molecular formula is C19H30F3N5O. The number of aromatic nitrogens is 1. The molecule has 9 heteroatoms. The summed E-state index contributed by atoms with van der Waals surface area (Å²) in [5, 5.41) is 6.58. The third-order valence-electron chi connectivity index (χ3n) is 4.48. The number of ether oxygens (including phenoxy) is 1. The highest BCUT2D eigenvalue weighted by molar-refractivity contribution is 5.79. The van der Waals surface area contributed by atoms with Crippen LogP contribution in [0.1, 0.15) is 32.3 Å². The van der Waals surface area contributed by atoms with E-state index in [1.165, 1.54) is 6.07 Å². The lowest BCUT2D eigenvalue weighted by molar-refractivity contribution is -0.137. The van der Waals surface area contributed by atoms with Crippen molar-refractivity contribution >= 4 is 5.96 Å². The number of nitrogens with zero attached hydrogens (tertiary/aromatic N) is 3. The molecule has 6 nitrogen and oxygen atoms in total. The number of hydrogen-bond acceptors (Lipinski definition) is 4. The Morgan fingerprint density at radius 1 is 1.32 bits per heavy atom. The molecule has 1 aromatic heterocycles. The van der Waals surface area contributed by atoms with Crippen molar-refractivity contribution in [1.82, 2.24) is 20.5 Å². The molecule has 0 saturated carbocycles. The van der Waals surface area contributed by atoms with Crippen LogP contribution in [-0.2, 0) is 6.18 Å². The lowest BCUT2D eigenvalue weighted by Gasteiger charge is -2.33. The molecule has 0 aromatic carbocycles. The predicted molar refractivity (Wildman–Crippen MR) is 104 cm³/mol. The standard InChI is InChI=1S/C19H30F3N5O/c1-14(2)13-27-9-6-16(7-10-27)26-18(23-3)24-8-11-28-17-5-4-15(12-25-17)19(20,21)22/h4-5,12,14,16H,6-11,13H2,1-3H3,(H2,23,24,26). The Morgan fingerprint density at radius 2 is 2.04 bits per heavy atom. The summed E-state index contributed by atoms with van der Waals surface area (Å²) in [6, 6.07) is 2.56. The molecule has 2 N–H and O–H groups in total. The Morgan fingerprint density at radius 3 is 2.57 bits per heavy atom. The minimum Gasteiger partial charge on any atom is -0.476 e. The fourth-order valence-electron chi connectivity index (χ4n) is 3.12. The number of pyridine rings is 1. The summed E-state index contributed by atoms with van der Waals surface area (Å²) in [5.41, 5.74) is -0.790. The Bertz CT molecular complexity index is 611. The fraction of sp³-hybridized carbons (Fsp3) is 0.684. The van der Waals surface area contributed by atoms with E-state index in [0.29, 0.717) is 24.5 Å². The van der Waals surface area contributed by atoms with E-state index in [-0.39, 0.29) is 12.5 Å². The molecule has 0 amide bonds. The molecule has 0 aliphatic carbocycles. The van der Waals surface area contributed by atoms with Crippen molar-refractivity contribution in [3.63, 3.8) is 0 Å². The zero-order valence-electron chi connectivity index (χ0n) is 16.7. The first-order valence-electron chi connectivity index (χ1n) is 9.63. The molecule has 0 unspecified atom stereocenters.